The van der Waals surface area contributed by atoms with Gasteiger partial charge < -0.3 is 0 Å². The van der Waals surface area contributed by atoms with Gasteiger partial charge in [0.25, 0.3) is 5.56 Å². The molecule has 122 valence electrons. The number of aryl methyl sites for hydroxylation is 1. The van der Waals surface area contributed by atoms with Crippen molar-refractivity contribution >= 4 is 22.7 Å². The van der Waals surface area contributed by atoms with Gasteiger partial charge in [0.2, 0.25) is 0 Å². The molecule has 0 unspecified atom stereocenters. The fourth-order valence-electron chi connectivity index (χ4n) is 2.97. The van der Waals surface area contributed by atoms with E-state index in [1.54, 1.807) is 11.8 Å². The number of hydrogen-bond donors (Lipinski definition) is 0. The Labute approximate surface area is 145 Å². The summed E-state index contributed by atoms with van der Waals surface area (Å²) < 4.78 is 1.93. The van der Waals surface area contributed by atoms with Crippen LogP contribution in [0.3, 0.4) is 0 Å². The van der Waals surface area contributed by atoms with Crippen LogP contribution in [0, 0.1) is 0 Å². The molecule has 0 bridgehead atoms. The van der Waals surface area contributed by atoms with E-state index in [0.717, 1.165) is 47.5 Å². The number of rotatable bonds is 6. The van der Waals surface area contributed by atoms with Crippen LogP contribution in [0.2, 0.25) is 0 Å². The number of fused-ring (bicyclic) bond motifs is 1. The van der Waals surface area contributed by atoms with Crippen molar-refractivity contribution in [3.8, 4) is 0 Å². The first kappa shape index (κ1) is 15.5. The second-order valence-corrected chi connectivity index (χ2v) is 7.32. The van der Waals surface area contributed by atoms with Crippen molar-refractivity contribution in [2.45, 2.75) is 36.9 Å². The minimum Gasteiger partial charge on any atom is -0.284 e. The average Bonchev–Trinajstić information content (AvgIpc) is 3.45. The van der Waals surface area contributed by atoms with E-state index in [9.17, 15) is 4.79 Å². The number of hydrogen-bond acceptors (Lipinski definition) is 3. The summed E-state index contributed by atoms with van der Waals surface area (Å²) in [6.45, 7) is 0. The van der Waals surface area contributed by atoms with Crippen molar-refractivity contribution < 1.29 is 0 Å². The average molecular weight is 336 g/mol. The molecule has 1 aliphatic carbocycles. The molecule has 4 heteroatoms. The maximum absolute atomic E-state index is 12.8. The summed E-state index contributed by atoms with van der Waals surface area (Å²) >= 11 is 1.72. The largest absolute Gasteiger partial charge is 0.284 e. The van der Waals surface area contributed by atoms with Crippen LogP contribution in [0.4, 0.5) is 0 Å². The molecule has 4 rings (SSSR count). The van der Waals surface area contributed by atoms with Crippen LogP contribution < -0.4 is 5.56 Å². The Kier molecular flexibility index (Phi) is 4.39. The van der Waals surface area contributed by atoms with Crippen molar-refractivity contribution in [1.29, 1.82) is 0 Å². The van der Waals surface area contributed by atoms with E-state index in [2.05, 4.69) is 24.3 Å². The lowest BCUT2D eigenvalue weighted by molar-refractivity contribution is 0.617. The molecule has 1 aromatic heterocycles. The molecule has 1 fully saturated rings. The van der Waals surface area contributed by atoms with Gasteiger partial charge in [-0.25, -0.2) is 4.98 Å². The lowest BCUT2D eigenvalue weighted by Gasteiger charge is -2.12. The van der Waals surface area contributed by atoms with Gasteiger partial charge in [-0.05, 0) is 43.4 Å². The van der Waals surface area contributed by atoms with Gasteiger partial charge in [-0.1, -0.05) is 54.2 Å². The first-order valence-corrected chi connectivity index (χ1v) is 9.49. The number of benzene rings is 2. The molecule has 0 saturated heterocycles. The minimum atomic E-state index is 0.119. The lowest BCUT2D eigenvalue weighted by Crippen LogP contribution is -2.22. The number of nitrogens with zero attached hydrogens (tertiary/aromatic N) is 2. The highest BCUT2D eigenvalue weighted by atomic mass is 32.2. The van der Waals surface area contributed by atoms with E-state index >= 15 is 0 Å². The molecule has 0 amide bonds. The Hall–Kier alpha value is -2.07. The highest BCUT2D eigenvalue weighted by Crippen LogP contribution is 2.36. The first-order valence-electron chi connectivity index (χ1n) is 8.51. The quantitative estimate of drug-likeness (QED) is 0.379. The zero-order valence-corrected chi connectivity index (χ0v) is 14.3. The summed E-state index contributed by atoms with van der Waals surface area (Å²) in [5.74, 6) is 0.979. The van der Waals surface area contributed by atoms with Crippen molar-refractivity contribution in [1.82, 2.24) is 9.55 Å². The Morgan fingerprint density at radius 2 is 1.79 bits per heavy atom. The lowest BCUT2D eigenvalue weighted by atomic mass is 10.1. The summed E-state index contributed by atoms with van der Waals surface area (Å²) in [7, 11) is 0. The molecule has 1 heterocycles. The summed E-state index contributed by atoms with van der Waals surface area (Å²) in [5.41, 5.74) is 2.29. The van der Waals surface area contributed by atoms with Crippen molar-refractivity contribution in [3.63, 3.8) is 0 Å². The predicted molar refractivity (Wildman–Crippen MR) is 99.8 cm³/mol. The van der Waals surface area contributed by atoms with Crippen molar-refractivity contribution in [2.24, 2.45) is 0 Å². The number of para-hydroxylation sites is 1. The highest BCUT2D eigenvalue weighted by Gasteiger charge is 2.28. The third-order valence-electron chi connectivity index (χ3n) is 4.37. The van der Waals surface area contributed by atoms with Crippen LogP contribution >= 0.6 is 11.8 Å². The van der Waals surface area contributed by atoms with E-state index in [4.69, 9.17) is 4.98 Å². The van der Waals surface area contributed by atoms with Crippen LogP contribution in [-0.2, 0) is 6.42 Å². The first-order chi connectivity index (χ1) is 11.8. The van der Waals surface area contributed by atoms with Crippen LogP contribution in [0.25, 0.3) is 10.9 Å². The zero-order chi connectivity index (χ0) is 16.4. The topological polar surface area (TPSA) is 34.9 Å². The Bertz CT molecular complexity index is 900. The molecule has 1 saturated carbocycles. The smallest absolute Gasteiger partial charge is 0.262 e. The fourth-order valence-corrected chi connectivity index (χ4v) is 3.97. The minimum absolute atomic E-state index is 0.119. The summed E-state index contributed by atoms with van der Waals surface area (Å²) in [4.78, 5) is 17.6. The van der Waals surface area contributed by atoms with Gasteiger partial charge in [0, 0.05) is 11.8 Å². The van der Waals surface area contributed by atoms with Gasteiger partial charge >= 0.3 is 0 Å². The molecule has 0 radical (unpaired) electrons. The van der Waals surface area contributed by atoms with E-state index in [1.807, 2.05) is 34.9 Å². The number of thioether (sulfide) groups is 1. The summed E-state index contributed by atoms with van der Waals surface area (Å²) in [6, 6.07) is 18.6. The third kappa shape index (κ3) is 3.24. The predicted octanol–water partition coefficient (Wildman–Crippen LogP) is 4.46. The van der Waals surface area contributed by atoms with Crippen molar-refractivity contribution in [2.75, 3.05) is 5.75 Å². The van der Waals surface area contributed by atoms with E-state index in [-0.39, 0.29) is 5.56 Å². The van der Waals surface area contributed by atoms with E-state index in [1.165, 1.54) is 5.56 Å². The molecule has 24 heavy (non-hydrogen) atoms. The van der Waals surface area contributed by atoms with Crippen LogP contribution in [0.5, 0.6) is 0 Å². The Balaban J connectivity index is 1.53. The highest BCUT2D eigenvalue weighted by molar-refractivity contribution is 7.99. The van der Waals surface area contributed by atoms with Crippen LogP contribution in [-0.4, -0.2) is 15.3 Å². The second-order valence-electron chi connectivity index (χ2n) is 6.26. The van der Waals surface area contributed by atoms with Gasteiger partial charge in [0.05, 0.1) is 10.9 Å². The third-order valence-corrected chi connectivity index (χ3v) is 5.41. The standard InChI is InChI=1S/C20H20N2OS/c23-19-17-10-4-5-11-18(17)21-20(22(19)16-12-13-16)24-14-6-9-15-7-2-1-3-8-15/h1-5,7-8,10-11,16H,6,9,12-14H2. The molecule has 1 aliphatic rings. The fraction of sp³-hybridized carbons (Fsp3) is 0.300. The molecular weight excluding hydrogens is 316 g/mol. The van der Waals surface area contributed by atoms with Crippen LogP contribution in [0.15, 0.2) is 64.5 Å². The zero-order valence-electron chi connectivity index (χ0n) is 13.5. The van der Waals surface area contributed by atoms with Crippen molar-refractivity contribution in [3.05, 3.63) is 70.5 Å². The van der Waals surface area contributed by atoms with E-state index in [0.29, 0.717) is 6.04 Å². The summed E-state index contributed by atoms with van der Waals surface area (Å²) in [6.07, 6.45) is 4.34. The Morgan fingerprint density at radius 3 is 2.58 bits per heavy atom. The van der Waals surface area contributed by atoms with Gasteiger partial charge in [-0.15, -0.1) is 0 Å². The SMILES string of the molecule is O=c1c2ccccc2nc(SCCCc2ccccc2)n1C1CC1. The number of aromatic nitrogens is 2. The second kappa shape index (κ2) is 6.81. The van der Waals surface area contributed by atoms with Gasteiger partial charge in [0.15, 0.2) is 5.16 Å². The molecule has 2 aromatic carbocycles. The maximum atomic E-state index is 12.8. The monoisotopic (exact) mass is 336 g/mol. The molecule has 0 aliphatic heterocycles. The molecule has 3 aromatic rings. The van der Waals surface area contributed by atoms with Gasteiger partial charge in [-0.2, -0.15) is 0 Å². The molecule has 0 atom stereocenters. The molecular formula is C20H20N2OS. The normalized spacial score (nSPS) is 14.2. The van der Waals surface area contributed by atoms with Crippen LogP contribution in [0.1, 0.15) is 30.9 Å². The molecule has 0 spiro atoms. The Morgan fingerprint density at radius 1 is 1.04 bits per heavy atom. The molecule has 0 N–H and O–H groups in total. The van der Waals surface area contributed by atoms with Gasteiger partial charge in [0.1, 0.15) is 0 Å². The molecule has 3 nitrogen and oxygen atoms in total. The maximum Gasteiger partial charge on any atom is 0.262 e. The van der Waals surface area contributed by atoms with E-state index < -0.39 is 0 Å². The van der Waals surface area contributed by atoms with Gasteiger partial charge in [-0.3, -0.25) is 9.36 Å². The summed E-state index contributed by atoms with van der Waals surface area (Å²) in [5, 5.41) is 1.62.